The minimum Gasteiger partial charge on any atom is -0.497 e. The molecule has 0 fully saturated rings. The Bertz CT molecular complexity index is 718. The SMILES string of the molecule is COc1ccc(NC(=O)NCCC(=O)NCCc2ccc(Cl)cc2)cc1. The van der Waals surface area contributed by atoms with Crippen LogP contribution in [0.5, 0.6) is 5.75 Å². The number of nitrogens with one attached hydrogen (secondary N) is 3. The van der Waals surface area contributed by atoms with Crippen molar-refractivity contribution in [2.24, 2.45) is 0 Å². The summed E-state index contributed by atoms with van der Waals surface area (Å²) in [6.07, 6.45) is 0.949. The largest absolute Gasteiger partial charge is 0.497 e. The number of halogens is 1. The van der Waals surface area contributed by atoms with Crippen molar-refractivity contribution in [1.82, 2.24) is 10.6 Å². The van der Waals surface area contributed by atoms with Crippen molar-refractivity contribution in [2.75, 3.05) is 25.5 Å². The van der Waals surface area contributed by atoms with E-state index in [1.54, 1.807) is 31.4 Å². The molecule has 0 bridgehead atoms. The zero-order valence-electron chi connectivity index (χ0n) is 14.5. The summed E-state index contributed by atoms with van der Waals surface area (Å²) in [4.78, 5) is 23.6. The topological polar surface area (TPSA) is 79.5 Å². The lowest BCUT2D eigenvalue weighted by Gasteiger charge is -2.09. The number of benzene rings is 2. The van der Waals surface area contributed by atoms with E-state index in [1.807, 2.05) is 24.3 Å². The van der Waals surface area contributed by atoms with E-state index in [2.05, 4.69) is 16.0 Å². The normalized spacial score (nSPS) is 10.1. The third-order valence-corrected chi connectivity index (χ3v) is 3.89. The van der Waals surface area contributed by atoms with Crippen LogP contribution in [0.2, 0.25) is 5.02 Å². The van der Waals surface area contributed by atoms with Crippen LogP contribution in [0.3, 0.4) is 0 Å². The Hall–Kier alpha value is -2.73. The van der Waals surface area contributed by atoms with Crippen LogP contribution in [0.4, 0.5) is 10.5 Å². The molecular weight excluding hydrogens is 354 g/mol. The summed E-state index contributed by atoms with van der Waals surface area (Å²) in [5.74, 6) is 0.606. The number of hydrogen-bond acceptors (Lipinski definition) is 3. The fourth-order valence-corrected chi connectivity index (χ4v) is 2.35. The fraction of sp³-hybridized carbons (Fsp3) is 0.263. The molecule has 138 valence electrons. The van der Waals surface area contributed by atoms with Gasteiger partial charge in [-0.25, -0.2) is 4.79 Å². The van der Waals surface area contributed by atoms with Gasteiger partial charge in [0.05, 0.1) is 7.11 Å². The Morgan fingerprint density at radius 2 is 1.65 bits per heavy atom. The van der Waals surface area contributed by atoms with Crippen LogP contribution in [0, 0.1) is 0 Å². The van der Waals surface area contributed by atoms with Gasteiger partial charge in [0.25, 0.3) is 0 Å². The van der Waals surface area contributed by atoms with Gasteiger partial charge in [-0.3, -0.25) is 4.79 Å². The van der Waals surface area contributed by atoms with Gasteiger partial charge in [-0.15, -0.1) is 0 Å². The standard InChI is InChI=1S/C19H22ClN3O3/c1-26-17-8-6-16(7-9-17)23-19(25)22-13-11-18(24)21-12-10-14-2-4-15(20)5-3-14/h2-9H,10-13H2,1H3,(H,21,24)(H2,22,23,25). The first kappa shape index (κ1) is 19.6. The van der Waals surface area contributed by atoms with Crippen LogP contribution >= 0.6 is 11.6 Å². The molecule has 2 aromatic rings. The summed E-state index contributed by atoms with van der Waals surface area (Å²) in [5, 5.41) is 8.85. The number of urea groups is 1. The summed E-state index contributed by atoms with van der Waals surface area (Å²) in [7, 11) is 1.58. The molecule has 3 N–H and O–H groups in total. The zero-order chi connectivity index (χ0) is 18.8. The number of carbonyl (C=O) groups excluding carboxylic acids is 2. The maximum atomic E-state index is 11.8. The monoisotopic (exact) mass is 375 g/mol. The average molecular weight is 376 g/mol. The van der Waals surface area contributed by atoms with Gasteiger partial charge in [0.1, 0.15) is 5.75 Å². The molecule has 7 heteroatoms. The molecule has 0 aromatic heterocycles. The van der Waals surface area contributed by atoms with E-state index in [9.17, 15) is 9.59 Å². The minimum absolute atomic E-state index is 0.108. The van der Waals surface area contributed by atoms with Crippen LogP contribution in [-0.4, -0.2) is 32.1 Å². The van der Waals surface area contributed by atoms with Gasteiger partial charge in [-0.1, -0.05) is 23.7 Å². The van der Waals surface area contributed by atoms with Gasteiger partial charge in [0.15, 0.2) is 0 Å². The van der Waals surface area contributed by atoms with Crippen molar-refractivity contribution >= 4 is 29.2 Å². The Kier molecular flexibility index (Phi) is 7.76. The van der Waals surface area contributed by atoms with Crippen LogP contribution in [0.15, 0.2) is 48.5 Å². The Morgan fingerprint density at radius 1 is 0.962 bits per heavy atom. The maximum absolute atomic E-state index is 11.8. The number of ether oxygens (including phenoxy) is 1. The summed E-state index contributed by atoms with van der Waals surface area (Å²) in [5.41, 5.74) is 1.75. The molecule has 0 aliphatic carbocycles. The first-order valence-electron chi connectivity index (χ1n) is 8.27. The lowest BCUT2D eigenvalue weighted by Crippen LogP contribution is -2.33. The predicted octanol–water partition coefficient (Wildman–Crippen LogP) is 3.22. The van der Waals surface area contributed by atoms with Gasteiger partial charge in [-0.05, 0) is 48.4 Å². The zero-order valence-corrected chi connectivity index (χ0v) is 15.3. The van der Waals surface area contributed by atoms with Gasteiger partial charge in [-0.2, -0.15) is 0 Å². The molecule has 3 amide bonds. The first-order chi connectivity index (χ1) is 12.6. The van der Waals surface area contributed by atoms with Gasteiger partial charge < -0.3 is 20.7 Å². The van der Waals surface area contributed by atoms with Crippen molar-refractivity contribution in [3.63, 3.8) is 0 Å². The molecule has 0 atom stereocenters. The van der Waals surface area contributed by atoms with Crippen LogP contribution in [0.1, 0.15) is 12.0 Å². The average Bonchev–Trinajstić information content (AvgIpc) is 2.64. The van der Waals surface area contributed by atoms with Crippen molar-refractivity contribution in [3.05, 3.63) is 59.1 Å². The molecule has 0 radical (unpaired) electrons. The number of anilines is 1. The highest BCUT2D eigenvalue weighted by Crippen LogP contribution is 2.14. The molecular formula is C19H22ClN3O3. The van der Waals surface area contributed by atoms with E-state index in [-0.39, 0.29) is 24.9 Å². The van der Waals surface area contributed by atoms with Crippen molar-refractivity contribution < 1.29 is 14.3 Å². The second-order valence-corrected chi connectivity index (χ2v) is 6.02. The van der Waals surface area contributed by atoms with Crippen LogP contribution in [-0.2, 0) is 11.2 Å². The third kappa shape index (κ3) is 7.03. The summed E-state index contributed by atoms with van der Waals surface area (Å²) in [6.45, 7) is 0.799. The molecule has 2 aromatic carbocycles. The van der Waals surface area contributed by atoms with E-state index < -0.39 is 0 Å². The number of hydrogen-bond donors (Lipinski definition) is 3. The molecule has 0 unspecified atom stereocenters. The van der Waals surface area contributed by atoms with Gasteiger partial charge in [0, 0.05) is 30.2 Å². The lowest BCUT2D eigenvalue weighted by atomic mass is 10.1. The molecule has 26 heavy (non-hydrogen) atoms. The van der Waals surface area contributed by atoms with E-state index in [1.165, 1.54) is 0 Å². The van der Waals surface area contributed by atoms with Crippen LogP contribution < -0.4 is 20.7 Å². The van der Waals surface area contributed by atoms with E-state index in [4.69, 9.17) is 16.3 Å². The third-order valence-electron chi connectivity index (χ3n) is 3.63. The van der Waals surface area contributed by atoms with E-state index >= 15 is 0 Å². The van der Waals surface area contributed by atoms with E-state index in [0.717, 1.165) is 12.0 Å². The Balaban J connectivity index is 1.59. The number of rotatable bonds is 8. The second kappa shape index (κ2) is 10.3. The molecule has 0 saturated carbocycles. The molecule has 0 heterocycles. The summed E-state index contributed by atoms with van der Waals surface area (Å²) in [6, 6.07) is 14.1. The Morgan fingerprint density at radius 3 is 2.31 bits per heavy atom. The lowest BCUT2D eigenvalue weighted by molar-refractivity contribution is -0.120. The quantitative estimate of drug-likeness (QED) is 0.662. The summed E-state index contributed by atoms with van der Waals surface area (Å²) >= 11 is 5.83. The molecule has 0 spiro atoms. The summed E-state index contributed by atoms with van der Waals surface area (Å²) < 4.78 is 5.05. The van der Waals surface area contributed by atoms with Gasteiger partial charge in [0.2, 0.25) is 5.91 Å². The van der Waals surface area contributed by atoms with Gasteiger partial charge >= 0.3 is 6.03 Å². The minimum atomic E-state index is -0.357. The highest BCUT2D eigenvalue weighted by atomic mass is 35.5. The predicted molar refractivity (Wildman–Crippen MR) is 103 cm³/mol. The fourth-order valence-electron chi connectivity index (χ4n) is 2.22. The van der Waals surface area contributed by atoms with Crippen molar-refractivity contribution in [1.29, 1.82) is 0 Å². The molecule has 6 nitrogen and oxygen atoms in total. The molecule has 0 aliphatic heterocycles. The number of methoxy groups -OCH3 is 1. The van der Waals surface area contributed by atoms with E-state index in [0.29, 0.717) is 23.0 Å². The highest BCUT2D eigenvalue weighted by Gasteiger charge is 2.05. The highest BCUT2D eigenvalue weighted by molar-refractivity contribution is 6.30. The number of carbonyl (C=O) groups is 2. The molecule has 0 aliphatic rings. The maximum Gasteiger partial charge on any atom is 0.319 e. The molecule has 2 rings (SSSR count). The van der Waals surface area contributed by atoms with Crippen LogP contribution in [0.25, 0.3) is 0 Å². The second-order valence-electron chi connectivity index (χ2n) is 5.59. The molecule has 0 saturated heterocycles. The number of amides is 3. The smallest absolute Gasteiger partial charge is 0.319 e. The first-order valence-corrected chi connectivity index (χ1v) is 8.64. The van der Waals surface area contributed by atoms with Crippen molar-refractivity contribution in [2.45, 2.75) is 12.8 Å². The Labute approximate surface area is 157 Å². The van der Waals surface area contributed by atoms with Crippen molar-refractivity contribution in [3.8, 4) is 5.75 Å².